The molecule has 0 fully saturated rings. The average molecular weight is 114 g/mol. The van der Waals surface area contributed by atoms with Crippen LogP contribution in [0, 0.1) is 0 Å². The second kappa shape index (κ2) is 1.40. The Labute approximate surface area is 46.0 Å². The number of aromatic hydroxyl groups is 2. The van der Waals surface area contributed by atoms with E-state index in [2.05, 4.69) is 4.98 Å². The van der Waals surface area contributed by atoms with E-state index < -0.39 is 0 Å². The van der Waals surface area contributed by atoms with Crippen LogP contribution in [0.15, 0.2) is 6.20 Å². The van der Waals surface area contributed by atoms with Gasteiger partial charge in [-0.3, -0.25) is 4.57 Å². The monoisotopic (exact) mass is 114 g/mol. The fourth-order valence-corrected chi connectivity index (χ4v) is 0.391. The lowest BCUT2D eigenvalue weighted by Gasteiger charge is -1.90. The minimum absolute atomic E-state index is 0.0394. The lowest BCUT2D eigenvalue weighted by molar-refractivity contribution is 0.379. The molecule has 0 amide bonds. The van der Waals surface area contributed by atoms with Gasteiger partial charge in [-0.2, -0.15) is 4.98 Å². The highest BCUT2D eigenvalue weighted by Gasteiger charge is 1.98. The van der Waals surface area contributed by atoms with Crippen molar-refractivity contribution in [3.63, 3.8) is 0 Å². The summed E-state index contributed by atoms with van der Waals surface area (Å²) in [4.78, 5) is 3.38. The summed E-state index contributed by atoms with van der Waals surface area (Å²) < 4.78 is 1.17. The molecule has 8 heavy (non-hydrogen) atoms. The summed E-state index contributed by atoms with van der Waals surface area (Å²) in [5, 5.41) is 17.3. The molecule has 0 spiro atoms. The SMILES string of the molecule is Cn1c(O)cnc1O. The van der Waals surface area contributed by atoms with Gasteiger partial charge in [-0.1, -0.05) is 0 Å². The number of rotatable bonds is 0. The Morgan fingerprint density at radius 2 is 2.25 bits per heavy atom. The van der Waals surface area contributed by atoms with E-state index in [9.17, 15) is 0 Å². The molecule has 0 aliphatic carbocycles. The van der Waals surface area contributed by atoms with Gasteiger partial charge in [0, 0.05) is 7.05 Å². The zero-order valence-electron chi connectivity index (χ0n) is 4.37. The summed E-state index contributed by atoms with van der Waals surface area (Å²) in [6.45, 7) is 0. The predicted octanol–water partition coefficient (Wildman–Crippen LogP) is -0.169. The Balaban J connectivity index is 3.19. The average Bonchev–Trinajstić information content (AvgIpc) is 1.98. The van der Waals surface area contributed by atoms with Crippen LogP contribution >= 0.6 is 0 Å². The molecule has 0 radical (unpaired) electrons. The van der Waals surface area contributed by atoms with E-state index in [1.54, 1.807) is 0 Å². The third kappa shape index (κ3) is 0.501. The summed E-state index contributed by atoms with van der Waals surface area (Å²) >= 11 is 0. The minimum Gasteiger partial charge on any atom is -0.493 e. The normalized spacial score (nSPS) is 9.62. The summed E-state index contributed by atoms with van der Waals surface area (Å²) in [5.74, 6) is -0.0394. The van der Waals surface area contributed by atoms with E-state index >= 15 is 0 Å². The van der Waals surface area contributed by atoms with E-state index in [0.29, 0.717) is 0 Å². The van der Waals surface area contributed by atoms with Gasteiger partial charge < -0.3 is 10.2 Å². The first-order valence-corrected chi connectivity index (χ1v) is 2.11. The van der Waals surface area contributed by atoms with E-state index in [4.69, 9.17) is 10.2 Å². The molecule has 1 heterocycles. The van der Waals surface area contributed by atoms with Crippen LogP contribution in [0.1, 0.15) is 0 Å². The Kier molecular flexibility index (Phi) is 0.865. The molecule has 44 valence electrons. The smallest absolute Gasteiger partial charge is 0.296 e. The van der Waals surface area contributed by atoms with Gasteiger partial charge in [0.15, 0.2) is 0 Å². The molecule has 4 heteroatoms. The van der Waals surface area contributed by atoms with Crippen molar-refractivity contribution in [2.75, 3.05) is 0 Å². The fourth-order valence-electron chi connectivity index (χ4n) is 0.391. The van der Waals surface area contributed by atoms with Crippen molar-refractivity contribution in [3.8, 4) is 11.9 Å². The van der Waals surface area contributed by atoms with Crippen molar-refractivity contribution < 1.29 is 10.2 Å². The third-order valence-electron chi connectivity index (χ3n) is 0.939. The lowest BCUT2D eigenvalue weighted by Crippen LogP contribution is -1.83. The van der Waals surface area contributed by atoms with Crippen LogP contribution in [-0.4, -0.2) is 19.8 Å². The van der Waals surface area contributed by atoms with Crippen molar-refractivity contribution in [1.82, 2.24) is 9.55 Å². The van der Waals surface area contributed by atoms with E-state index in [-0.39, 0.29) is 11.9 Å². The van der Waals surface area contributed by atoms with Crippen molar-refractivity contribution >= 4 is 0 Å². The first-order chi connectivity index (χ1) is 3.72. The molecular formula is C4H6N2O2. The van der Waals surface area contributed by atoms with Gasteiger partial charge in [0.1, 0.15) is 0 Å². The van der Waals surface area contributed by atoms with Crippen LogP contribution in [-0.2, 0) is 7.05 Å². The summed E-state index contributed by atoms with van der Waals surface area (Å²) in [6.07, 6.45) is 1.18. The maximum Gasteiger partial charge on any atom is 0.296 e. The molecule has 0 unspecified atom stereocenters. The van der Waals surface area contributed by atoms with Gasteiger partial charge in [0.25, 0.3) is 6.01 Å². The van der Waals surface area contributed by atoms with Crippen molar-refractivity contribution in [2.24, 2.45) is 7.05 Å². The molecule has 0 bridgehead atoms. The summed E-state index contributed by atoms with van der Waals surface area (Å²) in [6, 6.07) is -0.178. The molecule has 1 aromatic heterocycles. The van der Waals surface area contributed by atoms with E-state index in [0.717, 1.165) is 0 Å². The number of nitrogens with zero attached hydrogens (tertiary/aromatic N) is 2. The van der Waals surface area contributed by atoms with Gasteiger partial charge in [0.2, 0.25) is 5.88 Å². The molecule has 0 aromatic carbocycles. The molecule has 0 aliphatic heterocycles. The molecule has 4 nitrogen and oxygen atoms in total. The molecule has 0 saturated carbocycles. The Hall–Kier alpha value is -1.19. The van der Waals surface area contributed by atoms with Crippen LogP contribution in [0.2, 0.25) is 0 Å². The molecule has 0 aliphatic rings. The number of hydrogen-bond donors (Lipinski definition) is 2. The Morgan fingerprint density at radius 1 is 1.62 bits per heavy atom. The standard InChI is InChI=1S/C4H6N2O2/c1-6-3(7)2-5-4(6)8/h2,7H,1H3,(H,5,8). The number of imidazole rings is 1. The molecule has 0 saturated heterocycles. The second-order valence-electron chi connectivity index (χ2n) is 1.48. The Morgan fingerprint density at radius 3 is 2.38 bits per heavy atom. The highest BCUT2D eigenvalue weighted by Crippen LogP contribution is 2.12. The van der Waals surface area contributed by atoms with Gasteiger partial charge in [-0.05, 0) is 0 Å². The predicted molar refractivity (Wildman–Crippen MR) is 26.5 cm³/mol. The number of hydrogen-bond acceptors (Lipinski definition) is 3. The first-order valence-electron chi connectivity index (χ1n) is 2.11. The van der Waals surface area contributed by atoms with E-state index in [1.807, 2.05) is 0 Å². The molecule has 2 N–H and O–H groups in total. The second-order valence-corrected chi connectivity index (χ2v) is 1.48. The van der Waals surface area contributed by atoms with Crippen molar-refractivity contribution in [1.29, 1.82) is 0 Å². The first kappa shape index (κ1) is 4.96. The largest absolute Gasteiger partial charge is 0.493 e. The number of aromatic nitrogens is 2. The molecule has 1 aromatic rings. The topological polar surface area (TPSA) is 58.3 Å². The van der Waals surface area contributed by atoms with E-state index in [1.165, 1.54) is 17.8 Å². The van der Waals surface area contributed by atoms with Gasteiger partial charge in [0.05, 0.1) is 6.20 Å². The van der Waals surface area contributed by atoms with Crippen LogP contribution in [0.4, 0.5) is 0 Å². The molecule has 1 rings (SSSR count). The van der Waals surface area contributed by atoms with Crippen LogP contribution in [0.5, 0.6) is 11.9 Å². The zero-order chi connectivity index (χ0) is 6.15. The molecular weight excluding hydrogens is 108 g/mol. The van der Waals surface area contributed by atoms with Crippen molar-refractivity contribution in [3.05, 3.63) is 6.20 Å². The highest BCUT2D eigenvalue weighted by atomic mass is 16.3. The quantitative estimate of drug-likeness (QED) is 0.492. The zero-order valence-corrected chi connectivity index (χ0v) is 4.37. The van der Waals surface area contributed by atoms with Gasteiger partial charge in [-0.15, -0.1) is 0 Å². The van der Waals surface area contributed by atoms with Crippen molar-refractivity contribution in [2.45, 2.75) is 0 Å². The lowest BCUT2D eigenvalue weighted by atomic mass is 10.8. The highest BCUT2D eigenvalue weighted by molar-refractivity contribution is 5.10. The fraction of sp³-hybridized carbons (Fsp3) is 0.250. The van der Waals surface area contributed by atoms with Gasteiger partial charge in [-0.25, -0.2) is 0 Å². The Bertz CT molecular complexity index is 174. The summed E-state index contributed by atoms with van der Waals surface area (Å²) in [5.41, 5.74) is 0. The maximum atomic E-state index is 8.68. The molecule has 0 atom stereocenters. The van der Waals surface area contributed by atoms with Gasteiger partial charge >= 0.3 is 0 Å². The van der Waals surface area contributed by atoms with Crippen LogP contribution < -0.4 is 0 Å². The summed E-state index contributed by atoms with van der Waals surface area (Å²) in [7, 11) is 1.51. The minimum atomic E-state index is -0.178. The third-order valence-corrected chi connectivity index (χ3v) is 0.939. The van der Waals surface area contributed by atoms with Crippen LogP contribution in [0.25, 0.3) is 0 Å². The maximum absolute atomic E-state index is 8.68. The van der Waals surface area contributed by atoms with Crippen LogP contribution in [0.3, 0.4) is 0 Å².